The summed E-state index contributed by atoms with van der Waals surface area (Å²) < 4.78 is 22.7. The van der Waals surface area contributed by atoms with E-state index in [1.54, 1.807) is 18.3 Å². The normalized spacial score (nSPS) is 16.2. The quantitative estimate of drug-likeness (QED) is 0.773. The first-order valence-electron chi connectivity index (χ1n) is 8.99. The lowest BCUT2D eigenvalue weighted by atomic mass is 9.74. The SMILES string of the molecule is CC(C)(C)C1CN=Cc2sc(NC(=O)Cc3ccc(S(N)(=O)=O)cc3)c(C#N)c21. The van der Waals surface area contributed by atoms with E-state index >= 15 is 0 Å². The second-order valence-corrected chi connectivity index (χ2v) is 10.6. The molecule has 152 valence electrons. The van der Waals surface area contributed by atoms with Crippen LogP contribution in [0.2, 0.25) is 0 Å². The van der Waals surface area contributed by atoms with Crippen LogP contribution in [0.4, 0.5) is 5.00 Å². The van der Waals surface area contributed by atoms with E-state index in [2.05, 4.69) is 37.1 Å². The number of hydrogen-bond donors (Lipinski definition) is 2. The molecule has 0 spiro atoms. The standard InChI is InChI=1S/C20H22N4O3S2/c1-20(2,3)15-10-23-11-16-18(15)14(9-21)19(28-16)24-17(25)8-12-4-6-13(7-5-12)29(22,26)27/h4-7,11,15H,8,10H2,1-3H3,(H,24,25)(H2,22,26,27). The molecule has 1 aromatic heterocycles. The molecule has 7 nitrogen and oxygen atoms in total. The second kappa shape index (κ2) is 7.71. The number of fused-ring (bicyclic) bond motifs is 1. The van der Waals surface area contributed by atoms with Crippen LogP contribution in [0.3, 0.4) is 0 Å². The van der Waals surface area contributed by atoms with Gasteiger partial charge in [0, 0.05) is 18.7 Å². The van der Waals surface area contributed by atoms with E-state index in [0.717, 1.165) is 10.4 Å². The summed E-state index contributed by atoms with van der Waals surface area (Å²) in [6.07, 6.45) is 1.82. The third-order valence-corrected chi connectivity index (χ3v) is 6.83. The van der Waals surface area contributed by atoms with Gasteiger partial charge >= 0.3 is 0 Å². The molecule has 0 fully saturated rings. The number of thiophene rings is 1. The summed E-state index contributed by atoms with van der Waals surface area (Å²) in [5.74, 6) is -0.183. The monoisotopic (exact) mass is 430 g/mol. The predicted molar refractivity (Wildman–Crippen MR) is 114 cm³/mol. The molecule has 0 bridgehead atoms. The maximum atomic E-state index is 12.5. The Labute approximate surface area is 174 Å². The Morgan fingerprint density at radius 3 is 2.55 bits per heavy atom. The molecular formula is C20H22N4O3S2. The van der Waals surface area contributed by atoms with Crippen molar-refractivity contribution in [1.82, 2.24) is 0 Å². The number of aliphatic imine (C=N–C) groups is 1. The zero-order valence-electron chi connectivity index (χ0n) is 16.4. The number of hydrogen-bond acceptors (Lipinski definition) is 6. The van der Waals surface area contributed by atoms with Crippen molar-refractivity contribution in [3.05, 3.63) is 45.8 Å². The molecule has 3 rings (SSSR count). The molecule has 1 aliphatic rings. The van der Waals surface area contributed by atoms with Crippen LogP contribution in [0, 0.1) is 16.7 Å². The minimum absolute atomic E-state index is 0.00753. The fourth-order valence-electron chi connectivity index (χ4n) is 3.29. The molecule has 2 heterocycles. The summed E-state index contributed by atoms with van der Waals surface area (Å²) in [5, 5.41) is 18.2. The van der Waals surface area contributed by atoms with Crippen molar-refractivity contribution in [2.45, 2.75) is 38.0 Å². The zero-order chi connectivity index (χ0) is 21.4. The zero-order valence-corrected chi connectivity index (χ0v) is 18.0. The number of primary sulfonamides is 1. The van der Waals surface area contributed by atoms with Crippen molar-refractivity contribution >= 4 is 38.5 Å². The number of anilines is 1. The van der Waals surface area contributed by atoms with E-state index in [9.17, 15) is 18.5 Å². The molecule has 0 radical (unpaired) electrons. The Bertz CT molecular complexity index is 1120. The molecule has 1 aliphatic heterocycles. The Kier molecular flexibility index (Phi) is 5.63. The van der Waals surface area contributed by atoms with E-state index < -0.39 is 10.0 Å². The van der Waals surface area contributed by atoms with Gasteiger partial charge in [-0.1, -0.05) is 32.9 Å². The molecule has 29 heavy (non-hydrogen) atoms. The molecule has 1 aromatic carbocycles. The van der Waals surface area contributed by atoms with Crippen LogP contribution in [0.15, 0.2) is 34.2 Å². The van der Waals surface area contributed by atoms with Crippen LogP contribution < -0.4 is 10.5 Å². The van der Waals surface area contributed by atoms with E-state index in [1.165, 1.54) is 23.5 Å². The first-order chi connectivity index (χ1) is 13.5. The highest BCUT2D eigenvalue weighted by Crippen LogP contribution is 2.45. The topological polar surface area (TPSA) is 125 Å². The van der Waals surface area contributed by atoms with Crippen LogP contribution in [0.5, 0.6) is 0 Å². The molecule has 3 N–H and O–H groups in total. The van der Waals surface area contributed by atoms with E-state index in [0.29, 0.717) is 22.7 Å². The summed E-state index contributed by atoms with van der Waals surface area (Å²) in [7, 11) is -3.77. The van der Waals surface area contributed by atoms with Crippen LogP contribution in [0.1, 0.15) is 48.3 Å². The van der Waals surface area contributed by atoms with Crippen LogP contribution in [-0.4, -0.2) is 27.1 Å². The third-order valence-electron chi connectivity index (χ3n) is 4.85. The van der Waals surface area contributed by atoms with Gasteiger partial charge < -0.3 is 5.32 Å². The smallest absolute Gasteiger partial charge is 0.238 e. The first-order valence-corrected chi connectivity index (χ1v) is 11.3. The van der Waals surface area contributed by atoms with E-state index in [-0.39, 0.29) is 28.6 Å². The Morgan fingerprint density at radius 1 is 1.34 bits per heavy atom. The maximum absolute atomic E-state index is 12.5. The summed E-state index contributed by atoms with van der Waals surface area (Å²) in [6, 6.07) is 8.08. The van der Waals surface area contributed by atoms with Gasteiger partial charge in [-0.3, -0.25) is 9.79 Å². The number of carbonyl (C=O) groups is 1. The van der Waals surface area contributed by atoms with Crippen molar-refractivity contribution in [3.63, 3.8) is 0 Å². The average molecular weight is 431 g/mol. The van der Waals surface area contributed by atoms with Crippen molar-refractivity contribution in [3.8, 4) is 6.07 Å². The Morgan fingerprint density at radius 2 is 2.00 bits per heavy atom. The van der Waals surface area contributed by atoms with Gasteiger partial charge in [-0.2, -0.15) is 5.26 Å². The maximum Gasteiger partial charge on any atom is 0.238 e. The number of carbonyl (C=O) groups excluding carboxylic acids is 1. The summed E-state index contributed by atoms with van der Waals surface area (Å²) in [5.41, 5.74) is 2.02. The molecule has 9 heteroatoms. The number of sulfonamides is 1. The van der Waals surface area contributed by atoms with Gasteiger partial charge in [-0.15, -0.1) is 11.3 Å². The van der Waals surface area contributed by atoms with E-state index in [1.807, 2.05) is 0 Å². The first kappa shape index (κ1) is 21.2. The largest absolute Gasteiger partial charge is 0.316 e. The van der Waals surface area contributed by atoms with Crippen molar-refractivity contribution in [2.24, 2.45) is 15.5 Å². The minimum atomic E-state index is -3.77. The minimum Gasteiger partial charge on any atom is -0.316 e. The van der Waals surface area contributed by atoms with Gasteiger partial charge in [-0.25, -0.2) is 13.6 Å². The fraction of sp³-hybridized carbons (Fsp3) is 0.350. The highest BCUT2D eigenvalue weighted by Gasteiger charge is 2.34. The number of amides is 1. The Hall–Kier alpha value is -2.54. The van der Waals surface area contributed by atoms with Crippen molar-refractivity contribution in [2.75, 3.05) is 11.9 Å². The molecule has 0 aliphatic carbocycles. The molecule has 1 atom stereocenters. The third kappa shape index (κ3) is 4.56. The summed E-state index contributed by atoms with van der Waals surface area (Å²) in [6.45, 7) is 6.96. The number of benzene rings is 1. The molecule has 0 saturated heterocycles. The number of nitriles is 1. The van der Waals surface area contributed by atoms with Crippen LogP contribution >= 0.6 is 11.3 Å². The second-order valence-electron chi connectivity index (χ2n) is 8.02. The van der Waals surface area contributed by atoms with Crippen LogP contribution in [-0.2, 0) is 21.2 Å². The predicted octanol–water partition coefficient (Wildman–Crippen LogP) is 3.01. The molecule has 0 saturated carbocycles. The van der Waals surface area contributed by atoms with Crippen molar-refractivity contribution in [1.29, 1.82) is 5.26 Å². The number of rotatable bonds is 4. The Balaban J connectivity index is 1.82. The van der Waals surface area contributed by atoms with Gasteiger partial charge in [0.05, 0.1) is 21.8 Å². The molecule has 1 amide bonds. The summed E-state index contributed by atoms with van der Waals surface area (Å²) >= 11 is 1.35. The van der Waals surface area contributed by atoms with Gasteiger partial charge in [-0.05, 0) is 28.7 Å². The number of nitrogens with zero attached hydrogens (tertiary/aromatic N) is 2. The average Bonchev–Trinajstić information content (AvgIpc) is 2.97. The van der Waals surface area contributed by atoms with Gasteiger partial charge in [0.15, 0.2) is 0 Å². The van der Waals surface area contributed by atoms with Gasteiger partial charge in [0.2, 0.25) is 15.9 Å². The highest BCUT2D eigenvalue weighted by molar-refractivity contribution is 7.89. The van der Waals surface area contributed by atoms with Crippen LogP contribution in [0.25, 0.3) is 0 Å². The van der Waals surface area contributed by atoms with Gasteiger partial charge in [0.25, 0.3) is 0 Å². The molecular weight excluding hydrogens is 408 g/mol. The lowest BCUT2D eigenvalue weighted by Gasteiger charge is -2.31. The van der Waals surface area contributed by atoms with Gasteiger partial charge in [0.1, 0.15) is 11.1 Å². The number of nitrogens with two attached hydrogens (primary N) is 1. The lowest BCUT2D eigenvalue weighted by Crippen LogP contribution is -2.24. The van der Waals surface area contributed by atoms with Crippen molar-refractivity contribution < 1.29 is 13.2 Å². The number of nitrogens with one attached hydrogen (secondary N) is 1. The molecule has 1 unspecified atom stereocenters. The highest BCUT2D eigenvalue weighted by atomic mass is 32.2. The summed E-state index contributed by atoms with van der Waals surface area (Å²) in [4.78, 5) is 17.9. The van der Waals surface area contributed by atoms with E-state index in [4.69, 9.17) is 5.14 Å². The molecule has 2 aromatic rings. The lowest BCUT2D eigenvalue weighted by molar-refractivity contribution is -0.115. The fourth-order valence-corrected chi connectivity index (χ4v) is 4.93.